The SMILES string of the molecule is CCSCCC(CC)(CC)CN. The molecule has 0 amide bonds. The molecule has 12 heavy (non-hydrogen) atoms. The first-order chi connectivity index (χ1) is 5.74. The minimum atomic E-state index is 0.433. The summed E-state index contributed by atoms with van der Waals surface area (Å²) < 4.78 is 0. The average Bonchev–Trinajstić information content (AvgIpc) is 2.14. The number of hydrogen-bond donors (Lipinski definition) is 1. The van der Waals surface area contributed by atoms with E-state index in [2.05, 4.69) is 20.8 Å². The Bertz CT molecular complexity index is 91.7. The van der Waals surface area contributed by atoms with Gasteiger partial charge in [-0.2, -0.15) is 11.8 Å². The van der Waals surface area contributed by atoms with E-state index >= 15 is 0 Å². The Hall–Kier alpha value is 0.310. The molecule has 2 heteroatoms. The van der Waals surface area contributed by atoms with Crippen molar-refractivity contribution in [1.29, 1.82) is 0 Å². The highest BCUT2D eigenvalue weighted by atomic mass is 32.2. The number of hydrogen-bond acceptors (Lipinski definition) is 2. The topological polar surface area (TPSA) is 26.0 Å². The minimum absolute atomic E-state index is 0.433. The molecule has 0 aliphatic carbocycles. The van der Waals surface area contributed by atoms with E-state index in [1.54, 1.807) is 0 Å². The van der Waals surface area contributed by atoms with Crippen LogP contribution in [0.2, 0.25) is 0 Å². The minimum Gasteiger partial charge on any atom is -0.330 e. The maximum atomic E-state index is 5.80. The molecule has 0 heterocycles. The van der Waals surface area contributed by atoms with Crippen molar-refractivity contribution in [3.63, 3.8) is 0 Å². The van der Waals surface area contributed by atoms with Crippen LogP contribution >= 0.6 is 11.8 Å². The third-order valence-corrected chi connectivity index (χ3v) is 3.81. The predicted octanol–water partition coefficient (Wildman–Crippen LogP) is 2.89. The lowest BCUT2D eigenvalue weighted by atomic mass is 9.80. The Kier molecular flexibility index (Phi) is 6.96. The van der Waals surface area contributed by atoms with Crippen LogP contribution in [-0.2, 0) is 0 Å². The highest BCUT2D eigenvalue weighted by Gasteiger charge is 2.23. The second kappa shape index (κ2) is 6.79. The Morgan fingerprint density at radius 3 is 2.08 bits per heavy atom. The van der Waals surface area contributed by atoms with Crippen molar-refractivity contribution in [2.75, 3.05) is 18.1 Å². The Labute approximate surface area is 81.5 Å². The monoisotopic (exact) mass is 189 g/mol. The van der Waals surface area contributed by atoms with Gasteiger partial charge in [-0.05, 0) is 42.7 Å². The van der Waals surface area contributed by atoms with Crippen LogP contribution in [0, 0.1) is 5.41 Å². The first-order valence-corrected chi connectivity index (χ1v) is 6.18. The molecule has 0 radical (unpaired) electrons. The fourth-order valence-corrected chi connectivity index (χ4v) is 2.29. The van der Waals surface area contributed by atoms with Crippen molar-refractivity contribution in [1.82, 2.24) is 0 Å². The second-order valence-corrected chi connectivity index (χ2v) is 4.75. The third-order valence-electron chi connectivity index (χ3n) is 2.91. The molecule has 0 atom stereocenters. The molecule has 0 aromatic rings. The zero-order valence-electron chi connectivity index (χ0n) is 8.73. The van der Waals surface area contributed by atoms with E-state index in [0.717, 1.165) is 6.54 Å². The predicted molar refractivity (Wildman–Crippen MR) is 59.7 cm³/mol. The van der Waals surface area contributed by atoms with E-state index < -0.39 is 0 Å². The molecule has 0 bridgehead atoms. The van der Waals surface area contributed by atoms with Gasteiger partial charge in [0, 0.05) is 0 Å². The summed E-state index contributed by atoms with van der Waals surface area (Å²) in [6.45, 7) is 7.58. The maximum absolute atomic E-state index is 5.80. The highest BCUT2D eigenvalue weighted by Crippen LogP contribution is 2.30. The average molecular weight is 189 g/mol. The molecule has 1 nitrogen and oxygen atoms in total. The molecule has 0 fully saturated rings. The summed E-state index contributed by atoms with van der Waals surface area (Å²) in [4.78, 5) is 0. The van der Waals surface area contributed by atoms with E-state index in [1.165, 1.54) is 30.8 Å². The summed E-state index contributed by atoms with van der Waals surface area (Å²) in [6.07, 6.45) is 3.74. The number of thioether (sulfide) groups is 1. The van der Waals surface area contributed by atoms with Gasteiger partial charge in [0.1, 0.15) is 0 Å². The summed E-state index contributed by atoms with van der Waals surface area (Å²) in [5.41, 5.74) is 6.23. The largest absolute Gasteiger partial charge is 0.330 e. The van der Waals surface area contributed by atoms with Crippen LogP contribution in [0.3, 0.4) is 0 Å². The van der Waals surface area contributed by atoms with E-state index in [-0.39, 0.29) is 0 Å². The summed E-state index contributed by atoms with van der Waals surface area (Å²) >= 11 is 2.03. The molecule has 2 N–H and O–H groups in total. The van der Waals surface area contributed by atoms with Crippen molar-refractivity contribution < 1.29 is 0 Å². The van der Waals surface area contributed by atoms with Crippen LogP contribution in [0.5, 0.6) is 0 Å². The van der Waals surface area contributed by atoms with E-state index in [1.807, 2.05) is 11.8 Å². The third kappa shape index (κ3) is 3.81. The Morgan fingerprint density at radius 1 is 1.17 bits per heavy atom. The van der Waals surface area contributed by atoms with Gasteiger partial charge in [-0.1, -0.05) is 20.8 Å². The van der Waals surface area contributed by atoms with Gasteiger partial charge in [-0.15, -0.1) is 0 Å². The van der Waals surface area contributed by atoms with Gasteiger partial charge >= 0.3 is 0 Å². The smallest absolute Gasteiger partial charge is 0.00204 e. The van der Waals surface area contributed by atoms with E-state index in [0.29, 0.717) is 5.41 Å². The molecule has 0 spiro atoms. The zero-order chi connectivity index (χ0) is 9.45. The fourth-order valence-electron chi connectivity index (χ4n) is 1.43. The van der Waals surface area contributed by atoms with Gasteiger partial charge in [0.2, 0.25) is 0 Å². The molecular weight excluding hydrogens is 166 g/mol. The van der Waals surface area contributed by atoms with Crippen molar-refractivity contribution in [3.8, 4) is 0 Å². The Morgan fingerprint density at radius 2 is 1.75 bits per heavy atom. The summed E-state index contributed by atoms with van der Waals surface area (Å²) in [7, 11) is 0. The normalized spacial score (nSPS) is 12.0. The standard InChI is InChI=1S/C10H23NS/c1-4-10(5-2,9-11)7-8-12-6-3/h4-9,11H2,1-3H3. The molecule has 0 aromatic carbocycles. The van der Waals surface area contributed by atoms with Gasteiger partial charge in [-0.3, -0.25) is 0 Å². The van der Waals surface area contributed by atoms with Crippen molar-refractivity contribution in [2.24, 2.45) is 11.1 Å². The molecule has 0 saturated carbocycles. The highest BCUT2D eigenvalue weighted by molar-refractivity contribution is 7.99. The van der Waals surface area contributed by atoms with Crippen LogP contribution < -0.4 is 5.73 Å². The van der Waals surface area contributed by atoms with Gasteiger partial charge in [0.05, 0.1) is 0 Å². The lowest BCUT2D eigenvalue weighted by Gasteiger charge is -2.29. The van der Waals surface area contributed by atoms with Crippen LogP contribution in [0.25, 0.3) is 0 Å². The summed E-state index contributed by atoms with van der Waals surface area (Å²) in [6, 6.07) is 0. The van der Waals surface area contributed by atoms with Gasteiger partial charge in [0.15, 0.2) is 0 Å². The van der Waals surface area contributed by atoms with Crippen LogP contribution in [0.1, 0.15) is 40.0 Å². The summed E-state index contributed by atoms with van der Waals surface area (Å²) in [5.74, 6) is 2.50. The molecule has 0 rings (SSSR count). The lowest BCUT2D eigenvalue weighted by Crippen LogP contribution is -2.29. The molecule has 0 saturated heterocycles. The van der Waals surface area contributed by atoms with Crippen LogP contribution in [0.15, 0.2) is 0 Å². The zero-order valence-corrected chi connectivity index (χ0v) is 9.54. The van der Waals surface area contributed by atoms with Crippen molar-refractivity contribution in [2.45, 2.75) is 40.0 Å². The van der Waals surface area contributed by atoms with E-state index in [4.69, 9.17) is 5.73 Å². The van der Waals surface area contributed by atoms with Crippen molar-refractivity contribution in [3.05, 3.63) is 0 Å². The molecule has 0 aromatic heterocycles. The van der Waals surface area contributed by atoms with Gasteiger partial charge in [0.25, 0.3) is 0 Å². The molecule has 0 unspecified atom stereocenters. The Balaban J connectivity index is 3.76. The first-order valence-electron chi connectivity index (χ1n) is 5.02. The van der Waals surface area contributed by atoms with Gasteiger partial charge < -0.3 is 5.73 Å². The first kappa shape index (κ1) is 12.3. The molecular formula is C10H23NS. The van der Waals surface area contributed by atoms with Gasteiger partial charge in [-0.25, -0.2) is 0 Å². The van der Waals surface area contributed by atoms with E-state index in [9.17, 15) is 0 Å². The lowest BCUT2D eigenvalue weighted by molar-refractivity contribution is 0.265. The second-order valence-electron chi connectivity index (χ2n) is 3.36. The maximum Gasteiger partial charge on any atom is -0.00204 e. The number of nitrogens with two attached hydrogens (primary N) is 1. The summed E-state index contributed by atoms with van der Waals surface area (Å²) in [5, 5.41) is 0. The van der Waals surface area contributed by atoms with Crippen LogP contribution in [0.4, 0.5) is 0 Å². The van der Waals surface area contributed by atoms with Crippen molar-refractivity contribution >= 4 is 11.8 Å². The quantitative estimate of drug-likeness (QED) is 0.623. The fraction of sp³-hybridized carbons (Fsp3) is 1.00. The van der Waals surface area contributed by atoms with Crippen LogP contribution in [-0.4, -0.2) is 18.1 Å². The molecule has 0 aliphatic heterocycles. The molecule has 74 valence electrons. The number of rotatable bonds is 7. The molecule has 0 aliphatic rings.